The smallest absolute Gasteiger partial charge is 0.337 e. The van der Waals surface area contributed by atoms with Gasteiger partial charge in [0.1, 0.15) is 11.6 Å². The highest BCUT2D eigenvalue weighted by Crippen LogP contribution is 2.09. The summed E-state index contributed by atoms with van der Waals surface area (Å²) in [5.74, 6) is -3.22. The number of amides is 2. The van der Waals surface area contributed by atoms with E-state index < -0.39 is 23.5 Å². The van der Waals surface area contributed by atoms with Crippen LogP contribution in [-0.4, -0.2) is 31.4 Å². The Bertz CT molecular complexity index is 838. The number of carbonyl (C=O) groups excluding carboxylic acids is 3. The van der Waals surface area contributed by atoms with E-state index in [2.05, 4.69) is 15.4 Å². The zero-order chi connectivity index (χ0) is 19.8. The van der Waals surface area contributed by atoms with Crippen LogP contribution in [0.15, 0.2) is 42.5 Å². The number of halogens is 2. The van der Waals surface area contributed by atoms with Gasteiger partial charge in [0.2, 0.25) is 5.91 Å². The van der Waals surface area contributed by atoms with Gasteiger partial charge in [-0.2, -0.15) is 0 Å². The van der Waals surface area contributed by atoms with Crippen molar-refractivity contribution in [2.24, 2.45) is 0 Å². The molecule has 142 valence electrons. The van der Waals surface area contributed by atoms with Gasteiger partial charge in [0.25, 0.3) is 5.91 Å². The van der Waals surface area contributed by atoms with Gasteiger partial charge >= 0.3 is 5.97 Å². The highest BCUT2D eigenvalue weighted by molar-refractivity contribution is 5.94. The second-order valence-corrected chi connectivity index (χ2v) is 5.60. The van der Waals surface area contributed by atoms with Crippen molar-refractivity contribution in [3.8, 4) is 0 Å². The molecular formula is C19H18F2N2O4. The van der Waals surface area contributed by atoms with Crippen LogP contribution in [-0.2, 0) is 16.1 Å². The van der Waals surface area contributed by atoms with Gasteiger partial charge in [0.05, 0.1) is 18.2 Å². The average Bonchev–Trinajstić information content (AvgIpc) is 2.66. The van der Waals surface area contributed by atoms with Crippen LogP contribution in [0.5, 0.6) is 0 Å². The van der Waals surface area contributed by atoms with E-state index in [0.717, 1.165) is 17.7 Å². The first-order valence-corrected chi connectivity index (χ1v) is 8.08. The lowest BCUT2D eigenvalue weighted by atomic mass is 10.1. The number of esters is 1. The molecule has 2 rings (SSSR count). The van der Waals surface area contributed by atoms with Crippen molar-refractivity contribution in [1.82, 2.24) is 10.6 Å². The predicted molar refractivity (Wildman–Crippen MR) is 92.9 cm³/mol. The van der Waals surface area contributed by atoms with Gasteiger partial charge in [-0.3, -0.25) is 9.59 Å². The van der Waals surface area contributed by atoms with E-state index in [9.17, 15) is 23.2 Å². The summed E-state index contributed by atoms with van der Waals surface area (Å²) in [6.07, 6.45) is -0.00516. The number of methoxy groups -OCH3 is 1. The number of nitrogens with one attached hydrogen (secondary N) is 2. The molecule has 0 saturated carbocycles. The Balaban J connectivity index is 1.74. The van der Waals surface area contributed by atoms with Crippen molar-refractivity contribution in [3.63, 3.8) is 0 Å². The third-order valence-electron chi connectivity index (χ3n) is 3.68. The number of rotatable bonds is 7. The number of ether oxygens (including phenoxy) is 1. The van der Waals surface area contributed by atoms with Gasteiger partial charge < -0.3 is 15.4 Å². The molecule has 0 spiro atoms. The SMILES string of the molecule is COC(=O)c1ccc(CNC(=O)CCNC(=O)c2ccc(F)cc2F)cc1. The normalized spacial score (nSPS) is 10.2. The Kier molecular flexibility index (Phi) is 6.99. The first-order valence-electron chi connectivity index (χ1n) is 8.08. The number of benzene rings is 2. The summed E-state index contributed by atoms with van der Waals surface area (Å²) in [6.45, 7) is 0.254. The molecule has 8 heteroatoms. The molecule has 0 aromatic heterocycles. The third-order valence-corrected chi connectivity index (χ3v) is 3.68. The maximum atomic E-state index is 13.5. The van der Waals surface area contributed by atoms with Gasteiger partial charge in [0.15, 0.2) is 0 Å². The van der Waals surface area contributed by atoms with Gasteiger partial charge in [-0.15, -0.1) is 0 Å². The molecule has 0 aliphatic carbocycles. The van der Waals surface area contributed by atoms with E-state index in [-0.39, 0.29) is 31.0 Å². The van der Waals surface area contributed by atoms with Crippen LogP contribution in [0, 0.1) is 11.6 Å². The monoisotopic (exact) mass is 376 g/mol. The number of hydrogen-bond donors (Lipinski definition) is 2. The largest absolute Gasteiger partial charge is 0.465 e. The molecule has 0 atom stereocenters. The lowest BCUT2D eigenvalue weighted by molar-refractivity contribution is -0.121. The first kappa shape index (κ1) is 20.0. The summed E-state index contributed by atoms with van der Waals surface area (Å²) in [5, 5.41) is 5.06. The van der Waals surface area contributed by atoms with Crippen molar-refractivity contribution in [3.05, 3.63) is 70.8 Å². The quantitative estimate of drug-likeness (QED) is 0.726. The van der Waals surface area contributed by atoms with Crippen LogP contribution < -0.4 is 10.6 Å². The Morgan fingerprint density at radius 1 is 1.00 bits per heavy atom. The summed E-state index contributed by atoms with van der Waals surface area (Å²) in [4.78, 5) is 34.9. The minimum atomic E-state index is -0.965. The van der Waals surface area contributed by atoms with E-state index in [1.807, 2.05) is 0 Å². The molecule has 2 aromatic carbocycles. The Hall–Kier alpha value is -3.29. The minimum absolute atomic E-state index is 0.00274. The van der Waals surface area contributed by atoms with Crippen LogP contribution >= 0.6 is 0 Å². The molecule has 6 nitrogen and oxygen atoms in total. The number of hydrogen-bond acceptors (Lipinski definition) is 4. The Labute approximate surface area is 154 Å². The second kappa shape index (κ2) is 9.42. The van der Waals surface area contributed by atoms with Crippen molar-refractivity contribution >= 4 is 17.8 Å². The van der Waals surface area contributed by atoms with Crippen molar-refractivity contribution in [2.45, 2.75) is 13.0 Å². The second-order valence-electron chi connectivity index (χ2n) is 5.60. The predicted octanol–water partition coefficient (Wildman–Crippen LogP) is 2.19. The van der Waals surface area contributed by atoms with Crippen LogP contribution in [0.25, 0.3) is 0 Å². The molecule has 27 heavy (non-hydrogen) atoms. The molecule has 2 N–H and O–H groups in total. The van der Waals surface area contributed by atoms with Crippen molar-refractivity contribution < 1.29 is 27.9 Å². The van der Waals surface area contributed by atoms with Gasteiger partial charge in [-0.25, -0.2) is 13.6 Å². The maximum Gasteiger partial charge on any atom is 0.337 e. The third kappa shape index (κ3) is 5.88. The lowest BCUT2D eigenvalue weighted by Gasteiger charge is -2.08. The molecule has 0 unspecified atom stereocenters. The van der Waals surface area contributed by atoms with Crippen LogP contribution in [0.3, 0.4) is 0 Å². The molecule has 0 fully saturated rings. The fourth-order valence-corrected chi connectivity index (χ4v) is 2.22. The summed E-state index contributed by atoms with van der Waals surface area (Å²) in [6, 6.07) is 9.19. The summed E-state index contributed by atoms with van der Waals surface area (Å²) < 4.78 is 30.9. The molecule has 2 amide bonds. The van der Waals surface area contributed by atoms with E-state index in [0.29, 0.717) is 11.6 Å². The summed E-state index contributed by atoms with van der Waals surface area (Å²) >= 11 is 0. The highest BCUT2D eigenvalue weighted by atomic mass is 19.1. The van der Waals surface area contributed by atoms with Crippen LogP contribution in [0.4, 0.5) is 8.78 Å². The molecule has 0 aliphatic heterocycles. The number of carbonyl (C=O) groups is 3. The zero-order valence-corrected chi connectivity index (χ0v) is 14.6. The fourth-order valence-electron chi connectivity index (χ4n) is 2.22. The Morgan fingerprint density at radius 2 is 1.70 bits per heavy atom. The van der Waals surface area contributed by atoms with E-state index >= 15 is 0 Å². The van der Waals surface area contributed by atoms with E-state index in [1.165, 1.54) is 7.11 Å². The topological polar surface area (TPSA) is 84.5 Å². The zero-order valence-electron chi connectivity index (χ0n) is 14.6. The van der Waals surface area contributed by atoms with Gasteiger partial charge in [-0.05, 0) is 29.8 Å². The van der Waals surface area contributed by atoms with Gasteiger partial charge in [0, 0.05) is 25.6 Å². The molecule has 2 aromatic rings. The first-order chi connectivity index (χ1) is 12.9. The summed E-state index contributed by atoms with van der Waals surface area (Å²) in [7, 11) is 1.29. The molecular weight excluding hydrogens is 358 g/mol. The molecule has 0 radical (unpaired) electrons. The molecule has 0 saturated heterocycles. The molecule has 0 heterocycles. The molecule has 0 bridgehead atoms. The highest BCUT2D eigenvalue weighted by Gasteiger charge is 2.12. The summed E-state index contributed by atoms with van der Waals surface area (Å²) in [5.41, 5.74) is 0.902. The van der Waals surface area contributed by atoms with Gasteiger partial charge in [-0.1, -0.05) is 12.1 Å². The van der Waals surface area contributed by atoms with Crippen LogP contribution in [0.2, 0.25) is 0 Å². The standard InChI is InChI=1S/C19H18F2N2O4/c1-27-19(26)13-4-2-12(3-5-13)11-23-17(24)8-9-22-18(25)15-7-6-14(20)10-16(15)21/h2-7,10H,8-9,11H2,1H3,(H,22,25)(H,23,24). The minimum Gasteiger partial charge on any atom is -0.465 e. The fraction of sp³-hybridized carbons (Fsp3) is 0.211. The van der Waals surface area contributed by atoms with E-state index in [4.69, 9.17) is 0 Å². The van der Waals surface area contributed by atoms with Crippen LogP contribution in [0.1, 0.15) is 32.7 Å². The Morgan fingerprint density at radius 3 is 2.33 bits per heavy atom. The van der Waals surface area contributed by atoms with Crippen molar-refractivity contribution in [2.75, 3.05) is 13.7 Å². The lowest BCUT2D eigenvalue weighted by Crippen LogP contribution is -2.31. The van der Waals surface area contributed by atoms with Crippen molar-refractivity contribution in [1.29, 1.82) is 0 Å². The van der Waals surface area contributed by atoms with E-state index in [1.54, 1.807) is 24.3 Å². The maximum absolute atomic E-state index is 13.5. The average molecular weight is 376 g/mol. The molecule has 0 aliphatic rings.